The minimum Gasteiger partial charge on any atom is -0.318 e. The lowest BCUT2D eigenvalue weighted by molar-refractivity contribution is 0.626. The molecule has 1 atom stereocenters. The van der Waals surface area contributed by atoms with Gasteiger partial charge in [-0.3, -0.25) is 5.32 Å². The van der Waals surface area contributed by atoms with E-state index in [2.05, 4.69) is 32.2 Å². The van der Waals surface area contributed by atoms with Crippen LogP contribution < -0.4 is 11.1 Å². The van der Waals surface area contributed by atoms with E-state index in [1.807, 2.05) is 0 Å². The summed E-state index contributed by atoms with van der Waals surface area (Å²) in [5.74, 6) is 0. The summed E-state index contributed by atoms with van der Waals surface area (Å²) in [4.78, 5) is 0. The minimum atomic E-state index is 0.383. The Balaban J connectivity index is 2.83. The summed E-state index contributed by atoms with van der Waals surface area (Å²) in [7, 11) is 0. The van der Waals surface area contributed by atoms with Crippen LogP contribution in [0.1, 0.15) is 40.0 Å². The Bertz CT molecular complexity index is 251. The molecule has 1 rings (SSSR count). The van der Waals surface area contributed by atoms with Crippen LogP contribution in [-0.4, -0.2) is 12.7 Å². The van der Waals surface area contributed by atoms with E-state index in [-0.39, 0.29) is 0 Å². The Morgan fingerprint density at radius 3 is 2.64 bits per heavy atom. The normalized spacial score (nSPS) is 22.6. The molecule has 1 aliphatic carbocycles. The van der Waals surface area contributed by atoms with Crippen LogP contribution >= 0.6 is 0 Å². The van der Waals surface area contributed by atoms with E-state index in [1.165, 1.54) is 16.7 Å². The third-order valence-corrected chi connectivity index (χ3v) is 2.99. The van der Waals surface area contributed by atoms with Crippen molar-refractivity contribution in [3.63, 3.8) is 0 Å². The van der Waals surface area contributed by atoms with Crippen molar-refractivity contribution in [2.45, 2.75) is 46.1 Å². The molecule has 0 spiro atoms. The van der Waals surface area contributed by atoms with Gasteiger partial charge < -0.3 is 5.73 Å². The molecule has 0 bridgehead atoms. The van der Waals surface area contributed by atoms with Crippen molar-refractivity contribution in [2.75, 3.05) is 6.67 Å². The summed E-state index contributed by atoms with van der Waals surface area (Å²) < 4.78 is 0. The maximum atomic E-state index is 5.55. The standard InChI is InChI=1S/C12H22N2/c1-4-10-6-9(3)11(5-2)12(7-10)14-8-13/h7,12,14H,4-6,8,13H2,1-3H3. The molecule has 0 radical (unpaired) electrons. The van der Waals surface area contributed by atoms with Gasteiger partial charge in [0.05, 0.1) is 0 Å². The number of allylic oxidation sites excluding steroid dienone is 2. The summed E-state index contributed by atoms with van der Waals surface area (Å²) in [6, 6.07) is 0.383. The van der Waals surface area contributed by atoms with Gasteiger partial charge in [-0.1, -0.05) is 36.6 Å². The molecule has 0 aromatic carbocycles. The largest absolute Gasteiger partial charge is 0.318 e. The first-order valence-electron chi connectivity index (χ1n) is 5.54. The van der Waals surface area contributed by atoms with Crippen molar-refractivity contribution in [3.8, 4) is 0 Å². The van der Waals surface area contributed by atoms with E-state index >= 15 is 0 Å². The fraction of sp³-hybridized carbons (Fsp3) is 0.667. The molecule has 0 aliphatic heterocycles. The number of nitrogens with one attached hydrogen (secondary N) is 1. The Labute approximate surface area is 87.3 Å². The molecule has 0 aromatic heterocycles. The highest BCUT2D eigenvalue weighted by molar-refractivity contribution is 5.33. The lowest BCUT2D eigenvalue weighted by atomic mass is 9.87. The Hall–Kier alpha value is -0.600. The molecule has 0 heterocycles. The molecule has 3 N–H and O–H groups in total. The highest BCUT2D eigenvalue weighted by atomic mass is 15.0. The lowest BCUT2D eigenvalue weighted by Crippen LogP contribution is -2.35. The van der Waals surface area contributed by atoms with Crippen LogP contribution in [0, 0.1) is 0 Å². The van der Waals surface area contributed by atoms with E-state index in [9.17, 15) is 0 Å². The predicted molar refractivity (Wildman–Crippen MR) is 62.0 cm³/mol. The van der Waals surface area contributed by atoms with Gasteiger partial charge in [-0.05, 0) is 26.2 Å². The van der Waals surface area contributed by atoms with Gasteiger partial charge in [-0.25, -0.2) is 0 Å². The average molecular weight is 194 g/mol. The number of hydrogen-bond donors (Lipinski definition) is 2. The van der Waals surface area contributed by atoms with Crippen LogP contribution in [0.2, 0.25) is 0 Å². The molecule has 0 saturated heterocycles. The van der Waals surface area contributed by atoms with E-state index < -0.39 is 0 Å². The molecular weight excluding hydrogens is 172 g/mol. The second-order valence-corrected chi connectivity index (χ2v) is 3.90. The van der Waals surface area contributed by atoms with Crippen molar-refractivity contribution in [1.82, 2.24) is 5.32 Å². The molecule has 80 valence electrons. The molecule has 14 heavy (non-hydrogen) atoms. The zero-order valence-electron chi connectivity index (χ0n) is 9.56. The van der Waals surface area contributed by atoms with Gasteiger partial charge in [0, 0.05) is 12.7 Å². The summed E-state index contributed by atoms with van der Waals surface area (Å²) >= 11 is 0. The molecule has 0 aromatic rings. The van der Waals surface area contributed by atoms with Crippen LogP contribution in [0.4, 0.5) is 0 Å². The molecule has 0 saturated carbocycles. The monoisotopic (exact) mass is 194 g/mol. The predicted octanol–water partition coefficient (Wildman–Crippen LogP) is 2.33. The zero-order valence-corrected chi connectivity index (χ0v) is 9.56. The molecular formula is C12H22N2. The SMILES string of the molecule is CCC1=CC(NCN)C(CC)=C(C)C1. The van der Waals surface area contributed by atoms with E-state index in [4.69, 9.17) is 5.73 Å². The molecule has 0 amide bonds. The van der Waals surface area contributed by atoms with Gasteiger partial charge in [0.1, 0.15) is 0 Å². The third kappa shape index (κ3) is 2.46. The van der Waals surface area contributed by atoms with Crippen molar-refractivity contribution < 1.29 is 0 Å². The van der Waals surface area contributed by atoms with Crippen LogP contribution in [0.15, 0.2) is 22.8 Å². The van der Waals surface area contributed by atoms with Gasteiger partial charge in [-0.15, -0.1) is 0 Å². The topological polar surface area (TPSA) is 38.0 Å². The smallest absolute Gasteiger partial charge is 0.0480 e. The van der Waals surface area contributed by atoms with Crippen LogP contribution in [0.5, 0.6) is 0 Å². The van der Waals surface area contributed by atoms with Gasteiger partial charge in [0.25, 0.3) is 0 Å². The quantitative estimate of drug-likeness (QED) is 0.532. The first-order valence-corrected chi connectivity index (χ1v) is 5.54. The maximum absolute atomic E-state index is 5.55. The third-order valence-electron chi connectivity index (χ3n) is 2.99. The van der Waals surface area contributed by atoms with Gasteiger partial charge in [0.2, 0.25) is 0 Å². The summed E-state index contributed by atoms with van der Waals surface area (Å²) in [5, 5.41) is 3.32. The molecule has 2 heteroatoms. The summed E-state index contributed by atoms with van der Waals surface area (Å²) in [6.07, 6.45) is 5.77. The second kappa shape index (κ2) is 5.32. The molecule has 1 aliphatic rings. The Morgan fingerprint density at radius 1 is 1.43 bits per heavy atom. The van der Waals surface area contributed by atoms with Crippen molar-refractivity contribution in [2.24, 2.45) is 5.73 Å². The van der Waals surface area contributed by atoms with Gasteiger partial charge in [-0.2, -0.15) is 0 Å². The van der Waals surface area contributed by atoms with E-state index in [0.29, 0.717) is 12.7 Å². The fourth-order valence-electron chi connectivity index (χ4n) is 2.19. The first kappa shape index (κ1) is 11.5. The van der Waals surface area contributed by atoms with Crippen LogP contribution in [0.25, 0.3) is 0 Å². The highest BCUT2D eigenvalue weighted by Crippen LogP contribution is 2.27. The van der Waals surface area contributed by atoms with Crippen molar-refractivity contribution >= 4 is 0 Å². The highest BCUT2D eigenvalue weighted by Gasteiger charge is 2.17. The number of rotatable bonds is 4. The second-order valence-electron chi connectivity index (χ2n) is 3.90. The van der Waals surface area contributed by atoms with Gasteiger partial charge in [0.15, 0.2) is 0 Å². The Morgan fingerprint density at radius 2 is 2.14 bits per heavy atom. The van der Waals surface area contributed by atoms with Crippen LogP contribution in [0.3, 0.4) is 0 Å². The number of hydrogen-bond acceptors (Lipinski definition) is 2. The zero-order chi connectivity index (χ0) is 10.6. The molecule has 0 fully saturated rings. The number of nitrogens with two attached hydrogens (primary N) is 1. The first-order chi connectivity index (χ1) is 6.72. The molecule has 1 unspecified atom stereocenters. The van der Waals surface area contributed by atoms with Crippen LogP contribution in [-0.2, 0) is 0 Å². The fourth-order valence-corrected chi connectivity index (χ4v) is 2.19. The van der Waals surface area contributed by atoms with E-state index in [0.717, 1.165) is 19.3 Å². The minimum absolute atomic E-state index is 0.383. The average Bonchev–Trinajstić information content (AvgIpc) is 2.18. The molecule has 2 nitrogen and oxygen atoms in total. The van der Waals surface area contributed by atoms with Crippen molar-refractivity contribution in [3.05, 3.63) is 22.8 Å². The van der Waals surface area contributed by atoms with E-state index in [1.54, 1.807) is 0 Å². The van der Waals surface area contributed by atoms with Gasteiger partial charge >= 0.3 is 0 Å². The summed E-state index contributed by atoms with van der Waals surface area (Å²) in [5.41, 5.74) is 10.1. The lowest BCUT2D eigenvalue weighted by Gasteiger charge is -2.26. The summed E-state index contributed by atoms with van der Waals surface area (Å²) in [6.45, 7) is 7.23. The van der Waals surface area contributed by atoms with Crippen molar-refractivity contribution in [1.29, 1.82) is 0 Å². The Kier molecular flexibility index (Phi) is 4.36. The maximum Gasteiger partial charge on any atom is 0.0480 e.